The van der Waals surface area contributed by atoms with E-state index in [0.29, 0.717) is 53.1 Å². The van der Waals surface area contributed by atoms with Crippen LogP contribution in [0.25, 0.3) is 22.2 Å². The molecule has 1 aliphatic heterocycles. The lowest BCUT2D eigenvalue weighted by atomic mass is 10.1. The minimum absolute atomic E-state index is 0.307. The molecule has 11 heteroatoms. The Balaban J connectivity index is 1.38. The number of nitrogens with one attached hydrogen (secondary N) is 3. The van der Waals surface area contributed by atoms with Gasteiger partial charge in [0.2, 0.25) is 11.9 Å². The number of benzene rings is 2. The normalized spacial score (nSPS) is 12.3. The molecule has 1 fully saturated rings. The number of rotatable bonds is 8. The molecule has 0 saturated carbocycles. The van der Waals surface area contributed by atoms with Crippen LogP contribution in [-0.2, 0) is 9.63 Å². The van der Waals surface area contributed by atoms with Gasteiger partial charge < -0.3 is 25.1 Å². The van der Waals surface area contributed by atoms with E-state index in [4.69, 9.17) is 14.6 Å². The number of carbonyl (C=O) groups excluding carboxylic acids is 2. The number of anilines is 4. The van der Waals surface area contributed by atoms with Crippen molar-refractivity contribution in [2.75, 3.05) is 36.3 Å². The highest BCUT2D eigenvalue weighted by molar-refractivity contribution is 5.99. The molecule has 11 nitrogen and oxygen atoms in total. The van der Waals surface area contributed by atoms with E-state index in [2.05, 4.69) is 32.7 Å². The summed E-state index contributed by atoms with van der Waals surface area (Å²) in [6.45, 7) is 4.89. The van der Waals surface area contributed by atoms with Crippen molar-refractivity contribution in [2.24, 2.45) is 0 Å². The van der Waals surface area contributed by atoms with Crippen LogP contribution in [0.5, 0.6) is 5.75 Å². The zero-order valence-corrected chi connectivity index (χ0v) is 20.6. The number of methoxy groups -OCH3 is 1. The topological polar surface area (TPSA) is 131 Å². The van der Waals surface area contributed by atoms with Crippen LogP contribution in [-0.4, -0.2) is 52.1 Å². The van der Waals surface area contributed by atoms with Crippen molar-refractivity contribution in [3.63, 3.8) is 0 Å². The third-order valence-electron chi connectivity index (χ3n) is 5.92. The Labute approximate surface area is 218 Å². The molecule has 192 valence electrons. The van der Waals surface area contributed by atoms with Crippen molar-refractivity contribution in [2.45, 2.75) is 6.42 Å². The molecule has 3 N–H and O–H groups in total. The van der Waals surface area contributed by atoms with Crippen LogP contribution in [0.3, 0.4) is 0 Å². The molecule has 38 heavy (non-hydrogen) atoms. The quantitative estimate of drug-likeness (QED) is 0.227. The Bertz CT molecular complexity index is 1520. The first-order chi connectivity index (χ1) is 18.5. The van der Waals surface area contributed by atoms with Crippen LogP contribution in [0.1, 0.15) is 6.42 Å². The summed E-state index contributed by atoms with van der Waals surface area (Å²) in [5.74, 6) is 0.543. The minimum atomic E-state index is -0.416. The van der Waals surface area contributed by atoms with Gasteiger partial charge in [-0.3, -0.25) is 9.78 Å². The maximum Gasteiger partial charge on any atom is 0.434 e. The fourth-order valence-electron chi connectivity index (χ4n) is 3.82. The van der Waals surface area contributed by atoms with Gasteiger partial charge in [-0.1, -0.05) is 24.8 Å². The van der Waals surface area contributed by atoms with E-state index in [1.807, 2.05) is 18.2 Å². The first-order valence-electron chi connectivity index (χ1n) is 11.9. The number of para-hydroxylation sites is 1. The highest BCUT2D eigenvalue weighted by Crippen LogP contribution is 2.32. The number of pyridine rings is 1. The minimum Gasteiger partial charge on any atom is -0.494 e. The lowest BCUT2D eigenvalue weighted by Gasteiger charge is -2.29. The maximum atomic E-state index is 11.9. The Morgan fingerprint density at radius 2 is 1.95 bits per heavy atom. The average Bonchev–Trinajstić information content (AvgIpc) is 2.91. The number of likely N-dealkylation sites (tertiary alicyclic amines) is 1. The number of amides is 2. The summed E-state index contributed by atoms with van der Waals surface area (Å²) in [7, 11) is 1.54. The molecule has 5 rings (SSSR count). The lowest BCUT2D eigenvalue weighted by Crippen LogP contribution is -2.43. The Kier molecular flexibility index (Phi) is 6.98. The van der Waals surface area contributed by atoms with E-state index in [1.54, 1.807) is 54.7 Å². The van der Waals surface area contributed by atoms with Gasteiger partial charge in [0.15, 0.2) is 0 Å². The number of ether oxygens (including phenoxy) is 1. The second kappa shape index (κ2) is 10.8. The summed E-state index contributed by atoms with van der Waals surface area (Å²) in [4.78, 5) is 44.0. The number of fused-ring (bicyclic) bond motifs is 1. The molecule has 4 aromatic rings. The fraction of sp³-hybridized carbons (Fsp3) is 0.148. The molecule has 0 atom stereocenters. The molecule has 1 aliphatic rings. The first kappa shape index (κ1) is 24.5. The van der Waals surface area contributed by atoms with Crippen molar-refractivity contribution in [1.29, 1.82) is 0 Å². The SMILES string of the molecule is C=CC(=O)Nc1ccnc(-c2cccc3cnc(Nc4ccc(NOC(=O)N5CCC5)cc4OC)nc23)c1. The van der Waals surface area contributed by atoms with Crippen molar-refractivity contribution < 1.29 is 19.2 Å². The molecule has 2 amide bonds. The monoisotopic (exact) mass is 511 g/mol. The summed E-state index contributed by atoms with van der Waals surface area (Å²) in [6, 6.07) is 14.4. The molecule has 1 saturated heterocycles. The van der Waals surface area contributed by atoms with Crippen LogP contribution in [0, 0.1) is 0 Å². The van der Waals surface area contributed by atoms with Gasteiger partial charge in [0.25, 0.3) is 0 Å². The third-order valence-corrected chi connectivity index (χ3v) is 5.92. The highest BCUT2D eigenvalue weighted by atomic mass is 16.7. The number of aromatic nitrogens is 3. The third kappa shape index (κ3) is 5.31. The van der Waals surface area contributed by atoms with Gasteiger partial charge in [0.05, 0.1) is 29.7 Å². The molecule has 0 spiro atoms. The molecular formula is C27H25N7O4. The van der Waals surface area contributed by atoms with Crippen LogP contribution in [0.4, 0.5) is 27.8 Å². The maximum absolute atomic E-state index is 11.9. The van der Waals surface area contributed by atoms with Gasteiger partial charge in [0.1, 0.15) is 5.75 Å². The predicted octanol–water partition coefficient (Wildman–Crippen LogP) is 4.74. The molecule has 2 aromatic heterocycles. The molecule has 0 unspecified atom stereocenters. The second-order valence-corrected chi connectivity index (χ2v) is 8.41. The number of hydrogen-bond donors (Lipinski definition) is 3. The van der Waals surface area contributed by atoms with E-state index >= 15 is 0 Å². The van der Waals surface area contributed by atoms with E-state index in [-0.39, 0.29) is 5.91 Å². The largest absolute Gasteiger partial charge is 0.494 e. The molecule has 0 aliphatic carbocycles. The molecule has 0 bridgehead atoms. The molecule has 0 radical (unpaired) electrons. The Morgan fingerprint density at radius 3 is 2.71 bits per heavy atom. The first-order valence-corrected chi connectivity index (χ1v) is 11.9. The predicted molar refractivity (Wildman–Crippen MR) is 144 cm³/mol. The van der Waals surface area contributed by atoms with Crippen molar-refractivity contribution in [1.82, 2.24) is 19.9 Å². The summed E-state index contributed by atoms with van der Waals surface area (Å²) >= 11 is 0. The lowest BCUT2D eigenvalue weighted by molar-refractivity contribution is -0.111. The highest BCUT2D eigenvalue weighted by Gasteiger charge is 2.22. The summed E-state index contributed by atoms with van der Waals surface area (Å²) in [6.07, 6.45) is 5.11. The Hall–Kier alpha value is -5.19. The second-order valence-electron chi connectivity index (χ2n) is 8.41. The summed E-state index contributed by atoms with van der Waals surface area (Å²) < 4.78 is 5.52. The zero-order chi connectivity index (χ0) is 26.5. The van der Waals surface area contributed by atoms with Gasteiger partial charge in [0, 0.05) is 48.2 Å². The van der Waals surface area contributed by atoms with Gasteiger partial charge in [-0.05, 0) is 36.8 Å². The van der Waals surface area contributed by atoms with Gasteiger partial charge in [-0.2, -0.15) is 0 Å². The molecular weight excluding hydrogens is 486 g/mol. The van der Waals surface area contributed by atoms with E-state index in [0.717, 1.165) is 17.4 Å². The van der Waals surface area contributed by atoms with Crippen LogP contribution < -0.4 is 20.9 Å². The molecule has 2 aromatic carbocycles. The standard InChI is InChI=1S/C27H25N7O4/c1-3-24(35)30-18-10-11-28-22(14-18)20-7-4-6-17-16-29-26(32-25(17)20)31-21-9-8-19(15-23(21)37-2)33-38-27(36)34-12-5-13-34/h3-4,6-11,14-16,33H,1,5,12-13H2,2H3,(H,28,30,35)(H,29,31,32). The van der Waals surface area contributed by atoms with Gasteiger partial charge in [-0.25, -0.2) is 20.2 Å². The number of hydrogen-bond acceptors (Lipinski definition) is 9. The van der Waals surface area contributed by atoms with Crippen molar-refractivity contribution in [3.8, 4) is 17.0 Å². The van der Waals surface area contributed by atoms with E-state index < -0.39 is 6.09 Å². The Morgan fingerprint density at radius 1 is 1.08 bits per heavy atom. The molecule has 3 heterocycles. The van der Waals surface area contributed by atoms with E-state index in [9.17, 15) is 9.59 Å². The number of nitrogens with zero attached hydrogens (tertiary/aromatic N) is 4. The van der Waals surface area contributed by atoms with Crippen LogP contribution in [0.15, 0.2) is 73.6 Å². The van der Waals surface area contributed by atoms with Crippen molar-refractivity contribution in [3.05, 3.63) is 73.6 Å². The van der Waals surface area contributed by atoms with E-state index in [1.165, 1.54) is 6.08 Å². The van der Waals surface area contributed by atoms with Crippen LogP contribution >= 0.6 is 0 Å². The fourth-order valence-corrected chi connectivity index (χ4v) is 3.82. The van der Waals surface area contributed by atoms with Crippen molar-refractivity contribution >= 4 is 45.9 Å². The van der Waals surface area contributed by atoms with Gasteiger partial charge in [-0.15, -0.1) is 0 Å². The smallest absolute Gasteiger partial charge is 0.434 e. The van der Waals surface area contributed by atoms with Gasteiger partial charge >= 0.3 is 6.09 Å². The summed E-state index contributed by atoms with van der Waals surface area (Å²) in [5.41, 5.74) is 6.53. The number of carbonyl (C=O) groups is 2. The average molecular weight is 512 g/mol. The zero-order valence-electron chi connectivity index (χ0n) is 20.6. The summed E-state index contributed by atoms with van der Waals surface area (Å²) in [5, 5.41) is 6.76. The van der Waals surface area contributed by atoms with Crippen LogP contribution in [0.2, 0.25) is 0 Å².